The minimum atomic E-state index is 0. The highest BCUT2D eigenvalue weighted by Crippen LogP contribution is 2.43. The van der Waals surface area contributed by atoms with Crippen molar-refractivity contribution in [3.63, 3.8) is 0 Å². The van der Waals surface area contributed by atoms with Gasteiger partial charge in [-0.1, -0.05) is 35.5 Å². The molecular weight excluding hydrogens is 411 g/mol. The van der Waals surface area contributed by atoms with Gasteiger partial charge in [-0.25, -0.2) is 0 Å². The second-order valence-corrected chi connectivity index (χ2v) is 7.83. The van der Waals surface area contributed by atoms with Gasteiger partial charge >= 0.3 is 0 Å². The van der Waals surface area contributed by atoms with Gasteiger partial charge in [-0.15, -0.1) is 24.8 Å². The number of fused-ring (bicyclic) bond motifs is 1. The lowest BCUT2D eigenvalue weighted by Gasteiger charge is -2.28. The van der Waals surface area contributed by atoms with E-state index in [1.54, 1.807) is 6.26 Å². The minimum Gasteiger partial charge on any atom is -0.461 e. The fourth-order valence-electron chi connectivity index (χ4n) is 4.67. The van der Waals surface area contributed by atoms with Crippen LogP contribution in [0, 0.1) is 11.3 Å². The summed E-state index contributed by atoms with van der Waals surface area (Å²) in [5.74, 6) is 2.52. The maximum atomic E-state index is 5.46. The lowest BCUT2D eigenvalue weighted by atomic mass is 9.76. The van der Waals surface area contributed by atoms with Crippen molar-refractivity contribution in [1.29, 1.82) is 0 Å². The second kappa shape index (κ2) is 9.30. The zero-order valence-electron chi connectivity index (χ0n) is 16.1. The predicted octanol–water partition coefficient (Wildman–Crippen LogP) is 3.83. The van der Waals surface area contributed by atoms with Gasteiger partial charge in [0.2, 0.25) is 11.7 Å². The van der Waals surface area contributed by atoms with Crippen molar-refractivity contribution >= 4 is 24.8 Å². The maximum Gasteiger partial charge on any atom is 0.241 e. The second-order valence-electron chi connectivity index (χ2n) is 7.83. The Bertz CT molecular complexity index is 887. The van der Waals surface area contributed by atoms with E-state index in [1.807, 2.05) is 12.1 Å². The topological polar surface area (TPSA) is 67.3 Å². The summed E-state index contributed by atoms with van der Waals surface area (Å²) in [6.45, 7) is 5.07. The van der Waals surface area contributed by atoms with Crippen molar-refractivity contribution in [2.45, 2.75) is 19.4 Å². The van der Waals surface area contributed by atoms with Gasteiger partial charge in [0.25, 0.3) is 0 Å². The Kier molecular flexibility index (Phi) is 7.01. The number of aryl methyl sites for hydroxylation is 1. The lowest BCUT2D eigenvalue weighted by Crippen LogP contribution is -2.33. The number of aromatic nitrogens is 2. The van der Waals surface area contributed by atoms with E-state index < -0.39 is 0 Å². The van der Waals surface area contributed by atoms with Crippen molar-refractivity contribution in [3.05, 3.63) is 60.2 Å². The highest BCUT2D eigenvalue weighted by atomic mass is 35.5. The van der Waals surface area contributed by atoms with Crippen LogP contribution >= 0.6 is 24.8 Å². The number of halogens is 2. The van der Waals surface area contributed by atoms with E-state index >= 15 is 0 Å². The van der Waals surface area contributed by atoms with Crippen LogP contribution in [-0.4, -0.2) is 41.2 Å². The molecule has 0 spiro atoms. The molecule has 2 aliphatic heterocycles. The first-order valence-electron chi connectivity index (χ1n) is 9.64. The number of benzene rings is 1. The summed E-state index contributed by atoms with van der Waals surface area (Å²) >= 11 is 0. The van der Waals surface area contributed by atoms with Gasteiger partial charge in [-0.3, -0.25) is 4.90 Å². The van der Waals surface area contributed by atoms with E-state index in [9.17, 15) is 0 Å². The standard InChI is InChI=1S/C21H24N4O2.2ClH/c1-2-5-16(6-3-1)8-9-21-14-22-11-17(21)12-25(15-21)13-19-23-20(24-27-19)18-7-4-10-26-18;;/h1-7,10,17,22H,8-9,11-15H2;2*1H. The SMILES string of the molecule is Cl.Cl.c1ccc(CCC23CNCC2CN(Cc2nc(-c4ccco4)no2)C3)cc1. The molecule has 0 aliphatic carbocycles. The first kappa shape index (κ1) is 21.8. The van der Waals surface area contributed by atoms with Crippen LogP contribution in [0.15, 0.2) is 57.7 Å². The quantitative estimate of drug-likeness (QED) is 0.633. The fourth-order valence-corrected chi connectivity index (χ4v) is 4.67. The molecule has 2 aliphatic rings. The van der Waals surface area contributed by atoms with Crippen LogP contribution in [0.3, 0.4) is 0 Å². The summed E-state index contributed by atoms with van der Waals surface area (Å²) in [5.41, 5.74) is 1.77. The molecule has 156 valence electrons. The number of furan rings is 1. The predicted molar refractivity (Wildman–Crippen MR) is 115 cm³/mol. The molecule has 6 nitrogen and oxygen atoms in total. The van der Waals surface area contributed by atoms with E-state index in [1.165, 1.54) is 12.0 Å². The number of nitrogens with zero attached hydrogens (tertiary/aromatic N) is 3. The Balaban J connectivity index is 0.00000120. The van der Waals surface area contributed by atoms with Gasteiger partial charge in [-0.2, -0.15) is 4.98 Å². The molecule has 2 fully saturated rings. The summed E-state index contributed by atoms with van der Waals surface area (Å²) in [6.07, 6.45) is 3.97. The summed E-state index contributed by atoms with van der Waals surface area (Å²) in [5, 5.41) is 7.67. The van der Waals surface area contributed by atoms with Crippen LogP contribution in [0.1, 0.15) is 17.9 Å². The zero-order chi connectivity index (χ0) is 18.1. The Labute approximate surface area is 182 Å². The molecule has 0 radical (unpaired) electrons. The smallest absolute Gasteiger partial charge is 0.241 e. The summed E-state index contributed by atoms with van der Waals surface area (Å²) in [4.78, 5) is 6.97. The molecule has 1 N–H and O–H groups in total. The molecule has 0 saturated carbocycles. The van der Waals surface area contributed by atoms with Crippen molar-refractivity contribution in [3.8, 4) is 11.6 Å². The van der Waals surface area contributed by atoms with E-state index in [-0.39, 0.29) is 24.8 Å². The van der Waals surface area contributed by atoms with Crippen LogP contribution in [0.25, 0.3) is 11.6 Å². The molecule has 8 heteroatoms. The average Bonchev–Trinajstić information content (AvgIpc) is 3.45. The van der Waals surface area contributed by atoms with Crippen molar-refractivity contribution in [2.75, 3.05) is 26.2 Å². The van der Waals surface area contributed by atoms with Crippen LogP contribution in [0.2, 0.25) is 0 Å². The molecule has 0 amide bonds. The molecule has 29 heavy (non-hydrogen) atoms. The zero-order valence-corrected chi connectivity index (χ0v) is 17.8. The van der Waals surface area contributed by atoms with Gasteiger partial charge in [0.1, 0.15) is 0 Å². The number of rotatable bonds is 6. The third-order valence-corrected chi connectivity index (χ3v) is 6.07. The molecule has 2 unspecified atom stereocenters. The minimum absolute atomic E-state index is 0. The number of likely N-dealkylation sites (tertiary alicyclic amines) is 1. The number of nitrogens with one attached hydrogen (secondary N) is 1. The maximum absolute atomic E-state index is 5.46. The Morgan fingerprint density at radius 3 is 2.79 bits per heavy atom. The summed E-state index contributed by atoms with van der Waals surface area (Å²) in [7, 11) is 0. The monoisotopic (exact) mass is 436 g/mol. The van der Waals surface area contributed by atoms with E-state index in [2.05, 4.69) is 50.7 Å². The lowest BCUT2D eigenvalue weighted by molar-refractivity contribution is 0.218. The average molecular weight is 437 g/mol. The van der Waals surface area contributed by atoms with Crippen LogP contribution in [0.4, 0.5) is 0 Å². The molecule has 0 bridgehead atoms. The first-order chi connectivity index (χ1) is 13.3. The van der Waals surface area contributed by atoms with Crippen molar-refractivity contribution in [2.24, 2.45) is 11.3 Å². The molecular formula is C21H26Cl2N4O2. The van der Waals surface area contributed by atoms with E-state index in [0.29, 0.717) is 35.4 Å². The molecule has 4 heterocycles. The molecule has 2 aromatic heterocycles. The third-order valence-electron chi connectivity index (χ3n) is 6.07. The third kappa shape index (κ3) is 4.51. The Morgan fingerprint density at radius 1 is 1.14 bits per heavy atom. The number of hydrogen-bond donors (Lipinski definition) is 1. The van der Waals surface area contributed by atoms with Gasteiger partial charge in [0, 0.05) is 25.0 Å². The molecule has 2 atom stereocenters. The number of hydrogen-bond acceptors (Lipinski definition) is 6. The van der Waals surface area contributed by atoms with E-state index in [4.69, 9.17) is 8.94 Å². The van der Waals surface area contributed by atoms with Crippen molar-refractivity contribution < 1.29 is 8.94 Å². The van der Waals surface area contributed by atoms with E-state index in [0.717, 1.165) is 32.6 Å². The van der Waals surface area contributed by atoms with Crippen molar-refractivity contribution in [1.82, 2.24) is 20.4 Å². The van der Waals surface area contributed by atoms with Crippen LogP contribution in [-0.2, 0) is 13.0 Å². The highest BCUT2D eigenvalue weighted by molar-refractivity contribution is 5.85. The summed E-state index contributed by atoms with van der Waals surface area (Å²) in [6, 6.07) is 14.5. The Morgan fingerprint density at radius 2 is 2.00 bits per heavy atom. The molecule has 1 aromatic carbocycles. The molecule has 2 saturated heterocycles. The summed E-state index contributed by atoms with van der Waals surface area (Å²) < 4.78 is 10.8. The first-order valence-corrected chi connectivity index (χ1v) is 9.64. The normalized spacial score (nSPS) is 23.4. The van der Waals surface area contributed by atoms with Crippen LogP contribution in [0.5, 0.6) is 0 Å². The van der Waals surface area contributed by atoms with Gasteiger partial charge in [0.15, 0.2) is 5.76 Å². The molecule has 3 aromatic rings. The van der Waals surface area contributed by atoms with Crippen LogP contribution < -0.4 is 5.32 Å². The van der Waals surface area contributed by atoms with Gasteiger partial charge < -0.3 is 14.3 Å². The Hall–Kier alpha value is -1.86. The fraction of sp³-hybridized carbons (Fsp3) is 0.429. The molecule has 5 rings (SSSR count). The highest BCUT2D eigenvalue weighted by Gasteiger charge is 2.49. The largest absolute Gasteiger partial charge is 0.461 e. The van der Waals surface area contributed by atoms with Gasteiger partial charge in [0.05, 0.1) is 12.8 Å². The van der Waals surface area contributed by atoms with Gasteiger partial charge in [-0.05, 0) is 43.0 Å².